The Kier molecular flexibility index (Phi) is 3.70. The van der Waals surface area contributed by atoms with E-state index in [0.29, 0.717) is 5.56 Å². The monoisotopic (exact) mass is 292 g/mol. The lowest BCUT2D eigenvalue weighted by Gasteiger charge is -2.08. The first-order valence-electron chi connectivity index (χ1n) is 6.96. The second-order valence-corrected chi connectivity index (χ2v) is 5.22. The van der Waals surface area contributed by atoms with Crippen molar-refractivity contribution in [3.05, 3.63) is 71.8 Å². The van der Waals surface area contributed by atoms with Gasteiger partial charge in [-0.1, -0.05) is 17.2 Å². The molecule has 0 saturated carbocycles. The van der Waals surface area contributed by atoms with Crippen LogP contribution in [-0.4, -0.2) is 20.7 Å². The molecule has 5 nitrogen and oxygen atoms in total. The third-order valence-corrected chi connectivity index (χ3v) is 3.29. The standard InChI is InChI=1S/C17H16N4O/c1-12-7-13(2)9-14(8-12)17(22)20-15-3-5-16(6-4-15)21-11-18-10-19-21/h3-11H,1-2H3,(H,20,22). The first-order valence-corrected chi connectivity index (χ1v) is 6.96. The molecule has 1 N–H and O–H groups in total. The predicted octanol–water partition coefficient (Wildman–Crippen LogP) is 3.14. The van der Waals surface area contributed by atoms with Gasteiger partial charge in [0.1, 0.15) is 12.7 Å². The molecule has 0 aliphatic heterocycles. The van der Waals surface area contributed by atoms with Crippen molar-refractivity contribution in [1.29, 1.82) is 0 Å². The molecule has 110 valence electrons. The minimum absolute atomic E-state index is 0.111. The van der Waals surface area contributed by atoms with Gasteiger partial charge in [0.2, 0.25) is 0 Å². The highest BCUT2D eigenvalue weighted by Crippen LogP contribution is 2.15. The molecule has 5 heteroatoms. The van der Waals surface area contributed by atoms with E-state index >= 15 is 0 Å². The lowest BCUT2D eigenvalue weighted by Crippen LogP contribution is -2.12. The van der Waals surface area contributed by atoms with Crippen LogP contribution >= 0.6 is 0 Å². The van der Waals surface area contributed by atoms with Gasteiger partial charge in [-0.2, -0.15) is 5.10 Å². The summed E-state index contributed by atoms with van der Waals surface area (Å²) >= 11 is 0. The fourth-order valence-electron chi connectivity index (χ4n) is 2.35. The number of carbonyl (C=O) groups is 1. The molecule has 0 spiro atoms. The van der Waals surface area contributed by atoms with E-state index in [0.717, 1.165) is 22.5 Å². The second kappa shape index (κ2) is 5.81. The van der Waals surface area contributed by atoms with Crippen LogP contribution in [0.1, 0.15) is 21.5 Å². The van der Waals surface area contributed by atoms with E-state index in [1.807, 2.05) is 56.3 Å². The number of nitrogens with zero attached hydrogens (tertiary/aromatic N) is 3. The molecule has 3 aromatic rings. The number of hydrogen-bond acceptors (Lipinski definition) is 3. The number of anilines is 1. The van der Waals surface area contributed by atoms with Gasteiger partial charge in [-0.15, -0.1) is 0 Å². The van der Waals surface area contributed by atoms with Gasteiger partial charge in [-0.3, -0.25) is 4.79 Å². The van der Waals surface area contributed by atoms with E-state index in [9.17, 15) is 4.79 Å². The summed E-state index contributed by atoms with van der Waals surface area (Å²) in [5.74, 6) is -0.111. The number of benzene rings is 2. The van der Waals surface area contributed by atoms with E-state index < -0.39 is 0 Å². The zero-order valence-corrected chi connectivity index (χ0v) is 12.4. The molecular weight excluding hydrogens is 276 g/mol. The average molecular weight is 292 g/mol. The molecule has 2 aromatic carbocycles. The maximum Gasteiger partial charge on any atom is 0.255 e. The third kappa shape index (κ3) is 3.03. The van der Waals surface area contributed by atoms with Crippen molar-refractivity contribution in [2.45, 2.75) is 13.8 Å². The average Bonchev–Trinajstić information content (AvgIpc) is 3.01. The quantitative estimate of drug-likeness (QED) is 0.806. The van der Waals surface area contributed by atoms with E-state index in [2.05, 4.69) is 15.4 Å². The number of hydrogen-bond donors (Lipinski definition) is 1. The Labute approximate surface area is 128 Å². The molecule has 0 aliphatic rings. The van der Waals surface area contributed by atoms with E-state index in [1.54, 1.807) is 11.0 Å². The van der Waals surface area contributed by atoms with Gasteiger partial charge in [0.15, 0.2) is 0 Å². The lowest BCUT2D eigenvalue weighted by atomic mass is 10.1. The summed E-state index contributed by atoms with van der Waals surface area (Å²) in [6, 6.07) is 13.3. The third-order valence-electron chi connectivity index (χ3n) is 3.29. The molecule has 1 aromatic heterocycles. The number of nitrogens with one attached hydrogen (secondary N) is 1. The van der Waals surface area contributed by atoms with E-state index in [1.165, 1.54) is 6.33 Å². The minimum atomic E-state index is -0.111. The van der Waals surface area contributed by atoms with Gasteiger partial charge < -0.3 is 5.32 Å². The van der Waals surface area contributed by atoms with Gasteiger partial charge in [0.25, 0.3) is 5.91 Å². The molecule has 1 heterocycles. The van der Waals surface area contributed by atoms with Crippen LogP contribution in [0.3, 0.4) is 0 Å². The van der Waals surface area contributed by atoms with Crippen LogP contribution in [-0.2, 0) is 0 Å². The maximum atomic E-state index is 12.3. The van der Waals surface area contributed by atoms with Gasteiger partial charge in [-0.25, -0.2) is 9.67 Å². The topological polar surface area (TPSA) is 59.8 Å². The smallest absolute Gasteiger partial charge is 0.255 e. The Morgan fingerprint density at radius 2 is 1.73 bits per heavy atom. The number of aromatic nitrogens is 3. The highest BCUT2D eigenvalue weighted by molar-refractivity contribution is 6.04. The largest absolute Gasteiger partial charge is 0.322 e. The fraction of sp³-hybridized carbons (Fsp3) is 0.118. The summed E-state index contributed by atoms with van der Waals surface area (Å²) in [6.45, 7) is 3.97. The van der Waals surface area contributed by atoms with Crippen LogP contribution < -0.4 is 5.32 Å². The molecule has 0 bridgehead atoms. The summed E-state index contributed by atoms with van der Waals surface area (Å²) in [5.41, 5.74) is 4.45. The summed E-state index contributed by atoms with van der Waals surface area (Å²) in [4.78, 5) is 16.2. The molecule has 0 radical (unpaired) electrons. The van der Waals surface area contributed by atoms with E-state index in [-0.39, 0.29) is 5.91 Å². The summed E-state index contributed by atoms with van der Waals surface area (Å²) < 4.78 is 1.66. The van der Waals surface area contributed by atoms with Crippen molar-refractivity contribution >= 4 is 11.6 Å². The van der Waals surface area contributed by atoms with Gasteiger partial charge >= 0.3 is 0 Å². The zero-order chi connectivity index (χ0) is 15.5. The Bertz CT molecular complexity index is 772. The van der Waals surface area contributed by atoms with Crippen molar-refractivity contribution in [2.75, 3.05) is 5.32 Å². The van der Waals surface area contributed by atoms with E-state index in [4.69, 9.17) is 0 Å². The maximum absolute atomic E-state index is 12.3. The molecule has 0 aliphatic carbocycles. The van der Waals surface area contributed by atoms with Crippen molar-refractivity contribution in [2.24, 2.45) is 0 Å². The van der Waals surface area contributed by atoms with Crippen LogP contribution in [0.5, 0.6) is 0 Å². The molecule has 0 atom stereocenters. The number of carbonyl (C=O) groups excluding carboxylic acids is 1. The van der Waals surface area contributed by atoms with Crippen LogP contribution in [0.25, 0.3) is 5.69 Å². The van der Waals surface area contributed by atoms with Crippen LogP contribution in [0.15, 0.2) is 55.1 Å². The molecule has 1 amide bonds. The molecular formula is C17H16N4O. The Morgan fingerprint density at radius 1 is 1.05 bits per heavy atom. The van der Waals surface area contributed by atoms with Crippen LogP contribution in [0.2, 0.25) is 0 Å². The molecule has 0 saturated heterocycles. The zero-order valence-electron chi connectivity index (χ0n) is 12.4. The normalized spacial score (nSPS) is 10.5. The first-order chi connectivity index (χ1) is 10.6. The summed E-state index contributed by atoms with van der Waals surface area (Å²) in [6.07, 6.45) is 3.11. The molecule has 22 heavy (non-hydrogen) atoms. The van der Waals surface area contributed by atoms with Gasteiger partial charge in [0, 0.05) is 11.3 Å². The number of amides is 1. The molecule has 0 unspecified atom stereocenters. The fourth-order valence-corrected chi connectivity index (χ4v) is 2.35. The number of rotatable bonds is 3. The predicted molar refractivity (Wildman–Crippen MR) is 85.2 cm³/mol. The Hall–Kier alpha value is -2.95. The minimum Gasteiger partial charge on any atom is -0.322 e. The first kappa shape index (κ1) is 14.0. The second-order valence-electron chi connectivity index (χ2n) is 5.22. The SMILES string of the molecule is Cc1cc(C)cc(C(=O)Nc2ccc(-n3cncn3)cc2)c1. The molecule has 0 fully saturated rings. The Balaban J connectivity index is 1.76. The van der Waals surface area contributed by atoms with Gasteiger partial charge in [0.05, 0.1) is 5.69 Å². The van der Waals surface area contributed by atoms with Gasteiger partial charge in [-0.05, 0) is 50.2 Å². The highest BCUT2D eigenvalue weighted by Gasteiger charge is 2.07. The Morgan fingerprint density at radius 3 is 2.32 bits per heavy atom. The lowest BCUT2D eigenvalue weighted by molar-refractivity contribution is 0.102. The molecule has 3 rings (SSSR count). The number of aryl methyl sites for hydroxylation is 2. The summed E-state index contributed by atoms with van der Waals surface area (Å²) in [5, 5.41) is 6.96. The van der Waals surface area contributed by atoms with Crippen molar-refractivity contribution < 1.29 is 4.79 Å². The van der Waals surface area contributed by atoms with Crippen molar-refractivity contribution in [3.63, 3.8) is 0 Å². The van der Waals surface area contributed by atoms with Crippen molar-refractivity contribution in [1.82, 2.24) is 14.8 Å². The van der Waals surface area contributed by atoms with Crippen LogP contribution in [0, 0.1) is 13.8 Å². The highest BCUT2D eigenvalue weighted by atomic mass is 16.1. The summed E-state index contributed by atoms with van der Waals surface area (Å²) in [7, 11) is 0. The van der Waals surface area contributed by atoms with Crippen LogP contribution in [0.4, 0.5) is 5.69 Å². The van der Waals surface area contributed by atoms with Crippen molar-refractivity contribution in [3.8, 4) is 5.69 Å².